The van der Waals surface area contributed by atoms with Crippen molar-refractivity contribution in [2.45, 2.75) is 38.1 Å². The molecule has 23 heavy (non-hydrogen) atoms. The minimum Gasteiger partial charge on any atom is -0.367 e. The zero-order valence-corrected chi connectivity index (χ0v) is 14.4. The summed E-state index contributed by atoms with van der Waals surface area (Å²) in [5.41, 5.74) is 2.89. The van der Waals surface area contributed by atoms with Gasteiger partial charge in [0.15, 0.2) is 5.65 Å². The van der Waals surface area contributed by atoms with Crippen LogP contribution in [0.4, 0.5) is 5.82 Å². The molecule has 0 saturated heterocycles. The molecule has 2 heterocycles. The molecule has 0 bridgehead atoms. The molecule has 1 saturated carbocycles. The number of halogens is 1. The first kappa shape index (κ1) is 14.6. The zero-order valence-electron chi connectivity index (χ0n) is 12.8. The summed E-state index contributed by atoms with van der Waals surface area (Å²) in [5, 5.41) is 3.74. The van der Waals surface area contributed by atoms with Gasteiger partial charge in [-0.05, 0) is 31.0 Å². The van der Waals surface area contributed by atoms with E-state index in [1.54, 1.807) is 0 Å². The van der Waals surface area contributed by atoms with Crippen molar-refractivity contribution < 1.29 is 0 Å². The minimum absolute atomic E-state index is 0.527. The Kier molecular flexibility index (Phi) is 3.97. The lowest BCUT2D eigenvalue weighted by atomic mass is 9.95. The van der Waals surface area contributed by atoms with Crippen molar-refractivity contribution in [3.63, 3.8) is 0 Å². The van der Waals surface area contributed by atoms with Gasteiger partial charge in [-0.1, -0.05) is 53.4 Å². The van der Waals surface area contributed by atoms with Gasteiger partial charge in [0.25, 0.3) is 0 Å². The van der Waals surface area contributed by atoms with E-state index in [0.717, 1.165) is 27.2 Å². The lowest BCUT2D eigenvalue weighted by molar-refractivity contribution is 0.462. The standard InChI is InChI=1S/C19H18BrN3/c20-15-8-6-7-14(13-15)18-19(21-16-9-2-1-3-10-16)23-12-5-4-11-17(23)22-18/h5-8,12-13,16,21H,1-3,9-10H2. The number of benzene rings is 1. The fourth-order valence-electron chi connectivity index (χ4n) is 3.30. The summed E-state index contributed by atoms with van der Waals surface area (Å²) >= 11 is 3.56. The summed E-state index contributed by atoms with van der Waals surface area (Å²) < 4.78 is 3.15. The Hall–Kier alpha value is -1.99. The van der Waals surface area contributed by atoms with E-state index in [1.807, 2.05) is 24.4 Å². The molecule has 1 fully saturated rings. The fraction of sp³-hybridized carbons (Fsp3) is 0.316. The highest BCUT2D eigenvalue weighted by molar-refractivity contribution is 9.10. The number of fused-ring (bicyclic) bond motifs is 1. The molecular weight excluding hydrogens is 350 g/mol. The molecule has 0 unspecified atom stereocenters. The summed E-state index contributed by atoms with van der Waals surface area (Å²) in [5.74, 6) is 1.07. The number of imidazole rings is 1. The number of rotatable bonds is 3. The molecule has 4 heteroatoms. The maximum atomic E-state index is 4.78. The predicted octanol–water partition coefficient (Wildman–Crippen LogP) is 5.11. The normalized spacial score (nSPS) is 15.5. The van der Waals surface area contributed by atoms with E-state index in [0.29, 0.717) is 6.04 Å². The molecular formula is C19H18BrN3. The molecule has 3 nitrogen and oxygen atoms in total. The van der Waals surface area contributed by atoms with Crippen LogP contribution in [0, 0.1) is 12.1 Å². The van der Waals surface area contributed by atoms with Crippen LogP contribution in [0.2, 0.25) is 0 Å². The Morgan fingerprint density at radius 2 is 2.09 bits per heavy atom. The number of nitrogens with zero attached hydrogens (tertiary/aromatic N) is 2. The van der Waals surface area contributed by atoms with E-state index in [1.165, 1.54) is 32.1 Å². The second-order valence-electron chi connectivity index (χ2n) is 6.08. The predicted molar refractivity (Wildman–Crippen MR) is 96.5 cm³/mol. The number of hydrogen-bond donors (Lipinski definition) is 1. The van der Waals surface area contributed by atoms with Gasteiger partial charge < -0.3 is 5.32 Å². The number of nitrogens with one attached hydrogen (secondary N) is 1. The third-order valence-electron chi connectivity index (χ3n) is 4.45. The first-order chi connectivity index (χ1) is 11.3. The number of hydrogen-bond acceptors (Lipinski definition) is 2. The first-order valence-electron chi connectivity index (χ1n) is 8.14. The highest BCUT2D eigenvalue weighted by atomic mass is 79.9. The third-order valence-corrected chi connectivity index (χ3v) is 4.94. The topological polar surface area (TPSA) is 29.3 Å². The van der Waals surface area contributed by atoms with E-state index < -0.39 is 0 Å². The molecule has 0 amide bonds. The van der Waals surface area contributed by atoms with E-state index in [-0.39, 0.29) is 0 Å². The van der Waals surface area contributed by atoms with Crippen molar-refractivity contribution in [1.82, 2.24) is 9.38 Å². The molecule has 0 aliphatic heterocycles. The van der Waals surface area contributed by atoms with Crippen LogP contribution in [0.15, 0.2) is 41.0 Å². The van der Waals surface area contributed by atoms with E-state index in [9.17, 15) is 0 Å². The van der Waals surface area contributed by atoms with Gasteiger partial charge in [0.2, 0.25) is 0 Å². The molecule has 1 aliphatic carbocycles. The average molecular weight is 368 g/mol. The Morgan fingerprint density at radius 3 is 2.91 bits per heavy atom. The van der Waals surface area contributed by atoms with Gasteiger partial charge in [-0.2, -0.15) is 0 Å². The fourth-order valence-corrected chi connectivity index (χ4v) is 3.70. The molecule has 1 N–H and O–H groups in total. The molecule has 4 rings (SSSR count). The molecule has 3 aromatic rings. The van der Waals surface area contributed by atoms with Gasteiger partial charge in [-0.3, -0.25) is 4.40 Å². The van der Waals surface area contributed by atoms with Gasteiger partial charge in [-0.25, -0.2) is 4.98 Å². The summed E-state index contributed by atoms with van der Waals surface area (Å²) in [7, 11) is 0. The summed E-state index contributed by atoms with van der Waals surface area (Å²) in [6.45, 7) is 0. The van der Waals surface area contributed by atoms with Crippen LogP contribution in [0.1, 0.15) is 32.1 Å². The van der Waals surface area contributed by atoms with Crippen molar-refractivity contribution in [3.05, 3.63) is 53.1 Å². The van der Waals surface area contributed by atoms with Crippen molar-refractivity contribution in [2.75, 3.05) is 5.32 Å². The van der Waals surface area contributed by atoms with E-state index in [2.05, 4.69) is 49.9 Å². The maximum Gasteiger partial charge on any atom is 0.192 e. The summed E-state index contributed by atoms with van der Waals surface area (Å²) in [4.78, 5) is 4.78. The summed E-state index contributed by atoms with van der Waals surface area (Å²) in [6.07, 6.45) is 8.43. The third kappa shape index (κ3) is 2.94. The highest BCUT2D eigenvalue weighted by Gasteiger charge is 2.19. The lowest BCUT2D eigenvalue weighted by Crippen LogP contribution is -2.23. The van der Waals surface area contributed by atoms with Crippen molar-refractivity contribution in [2.24, 2.45) is 0 Å². The van der Waals surface area contributed by atoms with Crippen LogP contribution in [0.25, 0.3) is 16.9 Å². The van der Waals surface area contributed by atoms with E-state index >= 15 is 0 Å². The Labute approximate surface area is 144 Å². The molecule has 0 radical (unpaired) electrons. The smallest absolute Gasteiger partial charge is 0.192 e. The van der Waals surface area contributed by atoms with Gasteiger partial charge in [0, 0.05) is 28.3 Å². The van der Waals surface area contributed by atoms with E-state index in [4.69, 9.17) is 4.98 Å². The second-order valence-corrected chi connectivity index (χ2v) is 6.99. The highest BCUT2D eigenvalue weighted by Crippen LogP contribution is 2.32. The van der Waals surface area contributed by atoms with Gasteiger partial charge >= 0.3 is 0 Å². The molecule has 2 aromatic heterocycles. The van der Waals surface area contributed by atoms with Crippen molar-refractivity contribution >= 4 is 27.4 Å². The Balaban J connectivity index is 1.80. The van der Waals surface area contributed by atoms with Gasteiger partial charge in [0.1, 0.15) is 11.5 Å². The SMILES string of the molecule is Brc1cccc(-c2nc3c#cccn3c2NC2CCCCC2)c1. The molecule has 0 atom stereocenters. The Bertz CT molecular complexity index is 818. The van der Waals surface area contributed by atoms with Crippen LogP contribution in [0.5, 0.6) is 0 Å². The van der Waals surface area contributed by atoms with Crippen LogP contribution in [0.3, 0.4) is 0 Å². The second kappa shape index (κ2) is 6.25. The zero-order chi connectivity index (χ0) is 15.6. The summed E-state index contributed by atoms with van der Waals surface area (Å²) in [6, 6.07) is 16.8. The number of anilines is 1. The lowest BCUT2D eigenvalue weighted by Gasteiger charge is -2.24. The number of aromatic nitrogens is 2. The molecule has 116 valence electrons. The quantitative estimate of drug-likeness (QED) is 0.696. The van der Waals surface area contributed by atoms with Gasteiger partial charge in [-0.15, -0.1) is 0 Å². The van der Waals surface area contributed by atoms with Crippen LogP contribution >= 0.6 is 15.9 Å². The van der Waals surface area contributed by atoms with Gasteiger partial charge in [0.05, 0.1) is 0 Å². The Morgan fingerprint density at radius 1 is 1.22 bits per heavy atom. The molecule has 1 aliphatic rings. The average Bonchev–Trinajstić information content (AvgIpc) is 2.95. The van der Waals surface area contributed by atoms with Crippen LogP contribution < -0.4 is 5.32 Å². The first-order valence-corrected chi connectivity index (χ1v) is 8.93. The maximum absolute atomic E-state index is 4.78. The molecule has 1 aromatic carbocycles. The monoisotopic (exact) mass is 367 g/mol. The largest absolute Gasteiger partial charge is 0.367 e. The van der Waals surface area contributed by atoms with Crippen molar-refractivity contribution in [1.29, 1.82) is 0 Å². The van der Waals surface area contributed by atoms with Crippen LogP contribution in [-0.2, 0) is 0 Å². The minimum atomic E-state index is 0.527. The molecule has 0 spiro atoms. The van der Waals surface area contributed by atoms with Crippen LogP contribution in [-0.4, -0.2) is 15.4 Å². The van der Waals surface area contributed by atoms with Crippen molar-refractivity contribution in [3.8, 4) is 11.3 Å².